The van der Waals surface area contributed by atoms with Crippen LogP contribution >= 0.6 is 0 Å². The number of ether oxygens (including phenoxy) is 2. The first kappa shape index (κ1) is 14.1. The van der Waals surface area contributed by atoms with Crippen LogP contribution < -0.4 is 4.74 Å². The Bertz CT molecular complexity index is 547. The standard InChI is InChI=1S/C15H15NO4/c16-9-11-5-1-3-7-13(11)19-10-15(18)20-14-8-4-2-6-12(14)17/h1,3,5,7,14H,2,4,6,8,10H2. The smallest absolute Gasteiger partial charge is 0.344 e. The molecule has 0 heterocycles. The first-order chi connectivity index (χ1) is 9.70. The maximum absolute atomic E-state index is 11.6. The molecule has 1 aliphatic rings. The van der Waals surface area contributed by atoms with Crippen LogP contribution in [0.1, 0.15) is 31.2 Å². The highest BCUT2D eigenvalue weighted by Gasteiger charge is 2.25. The van der Waals surface area contributed by atoms with E-state index in [4.69, 9.17) is 14.7 Å². The monoisotopic (exact) mass is 273 g/mol. The zero-order valence-corrected chi connectivity index (χ0v) is 11.0. The molecule has 2 rings (SSSR count). The highest BCUT2D eigenvalue weighted by molar-refractivity contribution is 5.86. The van der Waals surface area contributed by atoms with Crippen molar-refractivity contribution < 1.29 is 19.1 Å². The van der Waals surface area contributed by atoms with Gasteiger partial charge in [0.25, 0.3) is 0 Å². The normalized spacial score (nSPS) is 18.1. The Labute approximate surface area is 117 Å². The van der Waals surface area contributed by atoms with Crippen molar-refractivity contribution >= 4 is 11.8 Å². The van der Waals surface area contributed by atoms with Crippen molar-refractivity contribution in [2.75, 3.05) is 6.61 Å². The van der Waals surface area contributed by atoms with E-state index in [9.17, 15) is 9.59 Å². The molecule has 20 heavy (non-hydrogen) atoms. The van der Waals surface area contributed by atoms with Gasteiger partial charge in [0.2, 0.25) is 0 Å². The first-order valence-electron chi connectivity index (χ1n) is 6.55. The van der Waals surface area contributed by atoms with Crippen LogP contribution in [0.5, 0.6) is 5.75 Å². The number of hydrogen-bond acceptors (Lipinski definition) is 5. The summed E-state index contributed by atoms with van der Waals surface area (Å²) in [6, 6.07) is 8.61. The molecule has 5 nitrogen and oxygen atoms in total. The van der Waals surface area contributed by atoms with Crippen LogP contribution in [0, 0.1) is 11.3 Å². The van der Waals surface area contributed by atoms with Crippen LogP contribution in [-0.4, -0.2) is 24.5 Å². The molecule has 1 aliphatic carbocycles. The average molecular weight is 273 g/mol. The summed E-state index contributed by atoms with van der Waals surface area (Å²) in [6.07, 6.45) is 2.17. The van der Waals surface area contributed by atoms with Crippen LogP contribution in [0.15, 0.2) is 24.3 Å². The molecule has 1 unspecified atom stereocenters. The highest BCUT2D eigenvalue weighted by atomic mass is 16.6. The molecule has 104 valence electrons. The maximum Gasteiger partial charge on any atom is 0.344 e. The minimum Gasteiger partial charge on any atom is -0.481 e. The summed E-state index contributed by atoms with van der Waals surface area (Å²) in [5, 5.41) is 8.89. The third kappa shape index (κ3) is 3.58. The van der Waals surface area contributed by atoms with Gasteiger partial charge < -0.3 is 9.47 Å². The fraction of sp³-hybridized carbons (Fsp3) is 0.400. The Morgan fingerprint density at radius 2 is 2.15 bits per heavy atom. The Hall–Kier alpha value is -2.35. The number of nitrogens with zero attached hydrogens (tertiary/aromatic N) is 1. The van der Waals surface area contributed by atoms with Crippen molar-refractivity contribution in [3.05, 3.63) is 29.8 Å². The SMILES string of the molecule is N#Cc1ccccc1OCC(=O)OC1CCCCC1=O. The van der Waals surface area contributed by atoms with Crippen LogP contribution in [0.25, 0.3) is 0 Å². The van der Waals surface area contributed by atoms with Crippen molar-refractivity contribution in [1.82, 2.24) is 0 Å². The lowest BCUT2D eigenvalue weighted by Gasteiger charge is -2.20. The van der Waals surface area contributed by atoms with E-state index in [1.165, 1.54) is 0 Å². The Balaban J connectivity index is 1.86. The van der Waals surface area contributed by atoms with Crippen LogP contribution in [0.3, 0.4) is 0 Å². The Morgan fingerprint density at radius 3 is 2.90 bits per heavy atom. The quantitative estimate of drug-likeness (QED) is 0.784. The highest BCUT2D eigenvalue weighted by Crippen LogP contribution is 2.19. The summed E-state index contributed by atoms with van der Waals surface area (Å²) in [5.41, 5.74) is 0.356. The van der Waals surface area contributed by atoms with E-state index in [0.717, 1.165) is 12.8 Å². The van der Waals surface area contributed by atoms with Gasteiger partial charge in [0.1, 0.15) is 11.8 Å². The second-order valence-corrected chi connectivity index (χ2v) is 4.59. The third-order valence-corrected chi connectivity index (χ3v) is 3.13. The molecule has 1 aromatic carbocycles. The van der Waals surface area contributed by atoms with Crippen molar-refractivity contribution in [2.24, 2.45) is 0 Å². The number of rotatable bonds is 4. The fourth-order valence-electron chi connectivity index (χ4n) is 2.09. The molecule has 0 spiro atoms. The number of benzene rings is 1. The lowest BCUT2D eigenvalue weighted by Crippen LogP contribution is -2.32. The number of nitriles is 1. The van der Waals surface area contributed by atoms with E-state index in [0.29, 0.717) is 24.2 Å². The molecule has 5 heteroatoms. The van der Waals surface area contributed by atoms with E-state index in [1.54, 1.807) is 24.3 Å². The maximum atomic E-state index is 11.6. The summed E-state index contributed by atoms with van der Waals surface area (Å²) in [6.45, 7) is -0.303. The lowest BCUT2D eigenvalue weighted by atomic mass is 9.96. The number of carbonyl (C=O) groups excluding carboxylic acids is 2. The fourth-order valence-corrected chi connectivity index (χ4v) is 2.09. The molecule has 0 aromatic heterocycles. The molecule has 0 N–H and O–H groups in total. The molecule has 1 fully saturated rings. The van der Waals surface area contributed by atoms with Gasteiger partial charge in [-0.3, -0.25) is 4.79 Å². The van der Waals surface area contributed by atoms with Crippen LogP contribution in [0.2, 0.25) is 0 Å². The average Bonchev–Trinajstić information content (AvgIpc) is 2.48. The summed E-state index contributed by atoms with van der Waals surface area (Å²) < 4.78 is 10.4. The summed E-state index contributed by atoms with van der Waals surface area (Å²) in [5.74, 6) is -0.276. The van der Waals surface area contributed by atoms with Gasteiger partial charge in [0.15, 0.2) is 18.5 Å². The molecular formula is C15H15NO4. The minimum atomic E-state index is -0.633. The van der Waals surface area contributed by atoms with Crippen molar-refractivity contribution in [1.29, 1.82) is 5.26 Å². The second kappa shape index (κ2) is 6.71. The van der Waals surface area contributed by atoms with Crippen molar-refractivity contribution in [2.45, 2.75) is 31.8 Å². The number of hydrogen-bond donors (Lipinski definition) is 0. The zero-order chi connectivity index (χ0) is 14.4. The molecule has 0 aliphatic heterocycles. The molecule has 0 radical (unpaired) electrons. The van der Waals surface area contributed by atoms with Gasteiger partial charge >= 0.3 is 5.97 Å². The molecule has 0 saturated heterocycles. The Morgan fingerprint density at radius 1 is 1.35 bits per heavy atom. The van der Waals surface area contributed by atoms with E-state index >= 15 is 0 Å². The van der Waals surface area contributed by atoms with E-state index in [2.05, 4.69) is 0 Å². The van der Waals surface area contributed by atoms with Crippen molar-refractivity contribution in [3.63, 3.8) is 0 Å². The van der Waals surface area contributed by atoms with Gasteiger partial charge in [-0.2, -0.15) is 5.26 Å². The van der Waals surface area contributed by atoms with Crippen molar-refractivity contribution in [3.8, 4) is 11.8 Å². The number of para-hydroxylation sites is 1. The van der Waals surface area contributed by atoms with Crippen LogP contribution in [-0.2, 0) is 14.3 Å². The summed E-state index contributed by atoms with van der Waals surface area (Å²) in [4.78, 5) is 23.2. The first-order valence-corrected chi connectivity index (χ1v) is 6.55. The summed E-state index contributed by atoms with van der Waals surface area (Å²) in [7, 11) is 0. The molecule has 0 amide bonds. The molecule has 0 bridgehead atoms. The van der Waals surface area contributed by atoms with Gasteiger partial charge in [-0.05, 0) is 31.4 Å². The number of carbonyl (C=O) groups is 2. The third-order valence-electron chi connectivity index (χ3n) is 3.13. The van der Waals surface area contributed by atoms with Gasteiger partial charge in [0, 0.05) is 6.42 Å². The number of ketones is 1. The van der Waals surface area contributed by atoms with Gasteiger partial charge in [-0.25, -0.2) is 4.79 Å². The number of esters is 1. The predicted molar refractivity (Wildman–Crippen MR) is 70.0 cm³/mol. The molecular weight excluding hydrogens is 258 g/mol. The molecule has 1 saturated carbocycles. The van der Waals surface area contributed by atoms with Gasteiger partial charge in [0.05, 0.1) is 5.56 Å². The molecule has 1 aromatic rings. The lowest BCUT2D eigenvalue weighted by molar-refractivity contribution is -0.158. The second-order valence-electron chi connectivity index (χ2n) is 4.59. The van der Waals surface area contributed by atoms with Gasteiger partial charge in [-0.1, -0.05) is 12.1 Å². The van der Waals surface area contributed by atoms with Gasteiger partial charge in [-0.15, -0.1) is 0 Å². The van der Waals surface area contributed by atoms with E-state index in [1.807, 2.05) is 6.07 Å². The predicted octanol–water partition coefficient (Wildman–Crippen LogP) is 1.99. The number of Topliss-reactive ketones (excluding diaryl/α,β-unsaturated/α-hetero) is 1. The largest absolute Gasteiger partial charge is 0.481 e. The summed E-state index contributed by atoms with van der Waals surface area (Å²) >= 11 is 0. The van der Waals surface area contributed by atoms with Crippen LogP contribution in [0.4, 0.5) is 0 Å². The molecule has 1 atom stereocenters. The topological polar surface area (TPSA) is 76.4 Å². The van der Waals surface area contributed by atoms with E-state index < -0.39 is 12.1 Å². The Kier molecular flexibility index (Phi) is 4.72. The van der Waals surface area contributed by atoms with E-state index in [-0.39, 0.29) is 12.4 Å². The minimum absolute atomic E-state index is 0.0259. The zero-order valence-electron chi connectivity index (χ0n) is 11.0.